The second kappa shape index (κ2) is 5.00. The largest absolute Gasteiger partial charge is 0.443 e. The molecule has 2 rings (SSSR count). The highest BCUT2D eigenvalue weighted by atomic mass is 35.6. The number of carbonyl (C=O) groups is 1. The number of benzene rings is 1. The lowest BCUT2D eigenvalue weighted by Crippen LogP contribution is -2.26. The van der Waals surface area contributed by atoms with E-state index in [1.54, 1.807) is 0 Å². The Bertz CT molecular complexity index is 488. The second-order valence-corrected chi connectivity index (χ2v) is 6.18. The monoisotopic (exact) mass is 306 g/mol. The summed E-state index contributed by atoms with van der Waals surface area (Å²) in [7, 11) is 0. The van der Waals surface area contributed by atoms with Gasteiger partial charge in [-0.05, 0) is 18.6 Å². The summed E-state index contributed by atoms with van der Waals surface area (Å²) in [6, 6.07) is 7.53. The molecule has 1 heterocycles. The number of carbonyl (C=O) groups excluding carboxylic acids is 1. The standard InChI is InChI=1S/C12H9Cl3O3/c1-7-2-4-8(5-3-7)6-9-10(16)18-11(17-9)12(13,14)15/h2-6,11H,1H3/b9-6-. The van der Waals surface area contributed by atoms with E-state index >= 15 is 0 Å². The van der Waals surface area contributed by atoms with Crippen LogP contribution in [-0.4, -0.2) is 16.1 Å². The van der Waals surface area contributed by atoms with E-state index in [1.807, 2.05) is 31.2 Å². The number of alkyl halides is 3. The van der Waals surface area contributed by atoms with Crippen LogP contribution in [0.3, 0.4) is 0 Å². The van der Waals surface area contributed by atoms with Gasteiger partial charge in [0.05, 0.1) is 0 Å². The first-order valence-corrected chi connectivity index (χ1v) is 6.22. The highest BCUT2D eigenvalue weighted by Gasteiger charge is 2.44. The third kappa shape index (κ3) is 3.10. The highest BCUT2D eigenvalue weighted by molar-refractivity contribution is 6.68. The van der Waals surface area contributed by atoms with Gasteiger partial charge >= 0.3 is 5.97 Å². The van der Waals surface area contributed by atoms with Gasteiger partial charge in [-0.15, -0.1) is 0 Å². The molecule has 1 atom stereocenters. The molecule has 3 nitrogen and oxygen atoms in total. The van der Waals surface area contributed by atoms with E-state index in [2.05, 4.69) is 0 Å². The summed E-state index contributed by atoms with van der Waals surface area (Å²) in [5.41, 5.74) is 1.92. The van der Waals surface area contributed by atoms with Crippen LogP contribution in [0.2, 0.25) is 0 Å². The Morgan fingerprint density at radius 3 is 2.28 bits per heavy atom. The molecule has 6 heteroatoms. The molecule has 0 spiro atoms. The summed E-state index contributed by atoms with van der Waals surface area (Å²) in [6.07, 6.45) is 0.324. The van der Waals surface area contributed by atoms with Gasteiger partial charge in [0.15, 0.2) is 0 Å². The number of halogens is 3. The minimum absolute atomic E-state index is 0.0233. The van der Waals surface area contributed by atoms with Gasteiger partial charge in [0.2, 0.25) is 5.76 Å². The minimum Gasteiger partial charge on any atom is -0.443 e. The van der Waals surface area contributed by atoms with Crippen molar-refractivity contribution in [3.8, 4) is 0 Å². The fraction of sp³-hybridized carbons (Fsp3) is 0.250. The molecular weight excluding hydrogens is 298 g/mol. The zero-order chi connectivity index (χ0) is 13.3. The van der Waals surface area contributed by atoms with Gasteiger partial charge in [-0.1, -0.05) is 64.6 Å². The smallest absolute Gasteiger partial charge is 0.377 e. The molecule has 0 N–H and O–H groups in total. The fourth-order valence-corrected chi connectivity index (χ4v) is 1.65. The molecule has 1 aromatic rings. The lowest BCUT2D eigenvalue weighted by atomic mass is 10.1. The van der Waals surface area contributed by atoms with Crippen LogP contribution in [0.5, 0.6) is 0 Å². The van der Waals surface area contributed by atoms with Gasteiger partial charge in [0, 0.05) is 0 Å². The van der Waals surface area contributed by atoms with E-state index in [-0.39, 0.29) is 5.76 Å². The lowest BCUT2D eigenvalue weighted by molar-refractivity contribution is -0.142. The van der Waals surface area contributed by atoms with Crippen molar-refractivity contribution >= 4 is 46.8 Å². The molecule has 1 fully saturated rings. The third-order valence-corrected chi connectivity index (χ3v) is 2.83. The highest BCUT2D eigenvalue weighted by Crippen LogP contribution is 2.37. The second-order valence-electron chi connectivity index (χ2n) is 3.82. The molecule has 1 aromatic carbocycles. The topological polar surface area (TPSA) is 35.5 Å². The van der Waals surface area contributed by atoms with E-state index in [9.17, 15) is 4.79 Å². The Labute approximate surface area is 119 Å². The lowest BCUT2D eigenvalue weighted by Gasteiger charge is -2.15. The summed E-state index contributed by atoms with van der Waals surface area (Å²) in [5, 5.41) is 0. The molecule has 0 aliphatic carbocycles. The summed E-state index contributed by atoms with van der Waals surface area (Å²) >= 11 is 16.8. The SMILES string of the molecule is Cc1ccc(/C=C2\OC(C(Cl)(Cl)Cl)OC2=O)cc1. The zero-order valence-corrected chi connectivity index (χ0v) is 11.6. The maximum absolute atomic E-state index is 11.5. The van der Waals surface area contributed by atoms with Crippen LogP contribution in [0.1, 0.15) is 11.1 Å². The van der Waals surface area contributed by atoms with Crippen molar-refractivity contribution in [2.24, 2.45) is 0 Å². The molecular formula is C12H9Cl3O3. The van der Waals surface area contributed by atoms with Crippen LogP contribution in [0.25, 0.3) is 6.08 Å². The third-order valence-electron chi connectivity index (χ3n) is 2.29. The van der Waals surface area contributed by atoms with Crippen molar-refractivity contribution in [2.75, 3.05) is 0 Å². The zero-order valence-electron chi connectivity index (χ0n) is 9.32. The first-order valence-electron chi connectivity index (χ1n) is 5.09. The quantitative estimate of drug-likeness (QED) is 0.452. The summed E-state index contributed by atoms with van der Waals surface area (Å²) in [5.74, 6) is -0.623. The van der Waals surface area contributed by atoms with Crippen molar-refractivity contribution in [3.63, 3.8) is 0 Å². The Morgan fingerprint density at radius 1 is 1.17 bits per heavy atom. The number of ether oxygens (including phenoxy) is 2. The Balaban J connectivity index is 2.19. The van der Waals surface area contributed by atoms with Crippen molar-refractivity contribution < 1.29 is 14.3 Å². The number of rotatable bonds is 1. The van der Waals surface area contributed by atoms with Gasteiger partial charge in [-0.2, -0.15) is 0 Å². The van der Waals surface area contributed by atoms with Crippen molar-refractivity contribution in [1.29, 1.82) is 0 Å². The number of cyclic esters (lactones) is 1. The molecule has 1 saturated heterocycles. The molecule has 96 valence electrons. The van der Waals surface area contributed by atoms with Crippen LogP contribution in [0.15, 0.2) is 30.0 Å². The molecule has 0 amide bonds. The van der Waals surface area contributed by atoms with Gasteiger partial charge in [0.25, 0.3) is 10.1 Å². The first-order chi connectivity index (χ1) is 8.36. The van der Waals surface area contributed by atoms with E-state index in [0.29, 0.717) is 0 Å². The molecule has 0 bridgehead atoms. The summed E-state index contributed by atoms with van der Waals surface area (Å²) in [6.45, 7) is 1.97. The van der Waals surface area contributed by atoms with Crippen molar-refractivity contribution in [3.05, 3.63) is 41.2 Å². The van der Waals surface area contributed by atoms with Crippen LogP contribution in [-0.2, 0) is 14.3 Å². The van der Waals surface area contributed by atoms with Crippen molar-refractivity contribution in [2.45, 2.75) is 17.0 Å². The van der Waals surface area contributed by atoms with Crippen LogP contribution >= 0.6 is 34.8 Å². The van der Waals surface area contributed by atoms with Crippen LogP contribution in [0, 0.1) is 6.92 Å². The predicted octanol–water partition coefficient (Wildman–Crippen LogP) is 3.61. The minimum atomic E-state index is -1.81. The van der Waals surface area contributed by atoms with Crippen LogP contribution in [0.4, 0.5) is 0 Å². The van der Waals surface area contributed by atoms with Gasteiger partial charge < -0.3 is 9.47 Å². The van der Waals surface area contributed by atoms with Gasteiger partial charge in [-0.25, -0.2) is 4.79 Å². The molecule has 1 aliphatic heterocycles. The Kier molecular flexibility index (Phi) is 3.76. The molecule has 18 heavy (non-hydrogen) atoms. The molecule has 0 radical (unpaired) electrons. The Hall–Kier alpha value is -0.900. The average Bonchev–Trinajstić information content (AvgIpc) is 2.63. The van der Waals surface area contributed by atoms with E-state index < -0.39 is 16.1 Å². The maximum Gasteiger partial charge on any atom is 0.377 e. The molecule has 1 aliphatic rings. The maximum atomic E-state index is 11.5. The van der Waals surface area contributed by atoms with Crippen LogP contribution < -0.4 is 0 Å². The summed E-state index contributed by atoms with van der Waals surface area (Å²) in [4.78, 5) is 11.5. The average molecular weight is 308 g/mol. The van der Waals surface area contributed by atoms with Gasteiger partial charge in [0.1, 0.15) is 0 Å². The van der Waals surface area contributed by atoms with Gasteiger partial charge in [-0.3, -0.25) is 0 Å². The first kappa shape index (κ1) is 13.5. The molecule has 0 aromatic heterocycles. The normalized spacial score (nSPS) is 21.9. The Morgan fingerprint density at radius 2 is 1.78 bits per heavy atom. The number of hydrogen-bond donors (Lipinski definition) is 0. The van der Waals surface area contributed by atoms with E-state index in [4.69, 9.17) is 44.3 Å². The summed E-state index contributed by atoms with van der Waals surface area (Å²) < 4.78 is 8.17. The van der Waals surface area contributed by atoms with Crippen molar-refractivity contribution in [1.82, 2.24) is 0 Å². The van der Waals surface area contributed by atoms with E-state index in [1.165, 1.54) is 6.08 Å². The fourth-order valence-electron chi connectivity index (χ4n) is 1.38. The predicted molar refractivity (Wildman–Crippen MR) is 70.4 cm³/mol. The van der Waals surface area contributed by atoms with E-state index in [0.717, 1.165) is 11.1 Å². The number of aryl methyl sites for hydroxylation is 1. The molecule has 1 unspecified atom stereocenters. The number of hydrogen-bond acceptors (Lipinski definition) is 3. The molecule has 0 saturated carbocycles. The number of esters is 1.